The fourth-order valence-corrected chi connectivity index (χ4v) is 3.83. The quantitative estimate of drug-likeness (QED) is 0.723. The van der Waals surface area contributed by atoms with Gasteiger partial charge in [0.15, 0.2) is 5.82 Å². The first-order chi connectivity index (χ1) is 14.0. The van der Waals surface area contributed by atoms with Crippen molar-refractivity contribution in [2.45, 2.75) is 32.3 Å². The molecule has 1 atom stereocenters. The van der Waals surface area contributed by atoms with E-state index in [1.165, 1.54) is 0 Å². The summed E-state index contributed by atoms with van der Waals surface area (Å²) < 4.78 is 8.09. The number of anilines is 1. The van der Waals surface area contributed by atoms with E-state index < -0.39 is 0 Å². The Hall–Kier alpha value is -2.93. The van der Waals surface area contributed by atoms with Gasteiger partial charge >= 0.3 is 0 Å². The summed E-state index contributed by atoms with van der Waals surface area (Å²) in [7, 11) is 2.12. The van der Waals surface area contributed by atoms with Gasteiger partial charge in [-0.25, -0.2) is 4.52 Å². The van der Waals surface area contributed by atoms with Crippen LogP contribution in [0.3, 0.4) is 0 Å². The molecule has 4 heterocycles. The van der Waals surface area contributed by atoms with Crippen LogP contribution < -0.4 is 10.1 Å². The van der Waals surface area contributed by atoms with Crippen molar-refractivity contribution in [2.24, 2.45) is 5.92 Å². The molecule has 1 aliphatic carbocycles. The predicted octanol–water partition coefficient (Wildman–Crippen LogP) is 3.14. The third-order valence-corrected chi connectivity index (χ3v) is 5.62. The summed E-state index contributed by atoms with van der Waals surface area (Å²) in [5, 5.41) is 7.38. The smallest absolute Gasteiger partial charge is 0.228 e. The first-order valence-corrected chi connectivity index (χ1v) is 10.2. The van der Waals surface area contributed by atoms with Crippen LogP contribution in [0.1, 0.15) is 25.0 Å². The number of nitrogens with one attached hydrogen (secondary N) is 1. The molecule has 3 aromatic heterocycles. The number of likely N-dealkylation sites (N-methyl/N-ethyl adjacent to an activating group) is 1. The lowest BCUT2D eigenvalue weighted by atomic mass is 10.1. The van der Waals surface area contributed by atoms with Gasteiger partial charge in [0.25, 0.3) is 0 Å². The monoisotopic (exact) mass is 391 g/mol. The first kappa shape index (κ1) is 18.1. The molecule has 1 saturated heterocycles. The number of ether oxygens (including phenoxy) is 1. The van der Waals surface area contributed by atoms with Gasteiger partial charge in [-0.3, -0.25) is 9.78 Å². The molecule has 0 spiro atoms. The molecule has 3 aromatic rings. The number of fused-ring (bicyclic) bond motifs is 1. The molecule has 2 aliphatic rings. The highest BCUT2D eigenvalue weighted by atomic mass is 16.5. The van der Waals surface area contributed by atoms with Crippen molar-refractivity contribution in [3.05, 3.63) is 42.4 Å². The zero-order valence-corrected chi connectivity index (χ0v) is 16.8. The van der Waals surface area contributed by atoms with Crippen LogP contribution in [0, 0.1) is 12.8 Å². The van der Waals surface area contributed by atoms with E-state index in [2.05, 4.69) is 39.5 Å². The molecule has 1 N–H and O–H groups in total. The zero-order valence-electron chi connectivity index (χ0n) is 16.8. The fourth-order valence-electron chi connectivity index (χ4n) is 3.83. The van der Waals surface area contributed by atoms with Gasteiger partial charge < -0.3 is 15.0 Å². The Morgan fingerprint density at radius 2 is 2.10 bits per heavy atom. The summed E-state index contributed by atoms with van der Waals surface area (Å²) in [6.07, 6.45) is 6.90. The van der Waals surface area contributed by atoms with Crippen molar-refractivity contribution >= 4 is 17.2 Å². The van der Waals surface area contributed by atoms with Crippen LogP contribution >= 0.6 is 0 Å². The standard InChI is InChI=1S/C22H25N5O2/c1-14-9-19(20(12-23-14)29-18-6-7-26(2)13-18)16-5-8-27-17(10-16)11-21(25-27)24-22(28)15-3-4-15/h5,8-12,15,18H,3-4,6-7,13H2,1-2H3,(H,24,25,28)/t18-/m1/s1. The number of hydrogen-bond donors (Lipinski definition) is 1. The predicted molar refractivity (Wildman–Crippen MR) is 111 cm³/mol. The number of carbonyl (C=O) groups is 1. The van der Waals surface area contributed by atoms with Crippen LogP contribution in [-0.4, -0.2) is 51.6 Å². The topological polar surface area (TPSA) is 71.8 Å². The van der Waals surface area contributed by atoms with Gasteiger partial charge in [0, 0.05) is 42.5 Å². The van der Waals surface area contributed by atoms with Gasteiger partial charge in [-0.1, -0.05) is 0 Å². The van der Waals surface area contributed by atoms with E-state index in [9.17, 15) is 4.79 Å². The molecule has 1 saturated carbocycles. The zero-order chi connectivity index (χ0) is 20.0. The number of pyridine rings is 2. The van der Waals surface area contributed by atoms with Gasteiger partial charge in [0.05, 0.1) is 11.7 Å². The Morgan fingerprint density at radius 1 is 1.24 bits per heavy atom. The first-order valence-electron chi connectivity index (χ1n) is 10.2. The average molecular weight is 391 g/mol. The number of amides is 1. The minimum absolute atomic E-state index is 0.0654. The van der Waals surface area contributed by atoms with Crippen LogP contribution in [0.15, 0.2) is 36.7 Å². The lowest BCUT2D eigenvalue weighted by Gasteiger charge is -2.17. The third kappa shape index (κ3) is 3.82. The second-order valence-corrected chi connectivity index (χ2v) is 8.19. The molecule has 0 unspecified atom stereocenters. The number of carbonyl (C=O) groups excluding carboxylic acids is 1. The summed E-state index contributed by atoms with van der Waals surface area (Å²) in [4.78, 5) is 18.7. The van der Waals surface area contributed by atoms with Crippen molar-refractivity contribution < 1.29 is 9.53 Å². The number of nitrogens with zero attached hydrogens (tertiary/aromatic N) is 4. The Kier molecular flexibility index (Phi) is 4.47. The van der Waals surface area contributed by atoms with Crippen LogP contribution in [0.25, 0.3) is 16.6 Å². The molecule has 5 rings (SSSR count). The Balaban J connectivity index is 1.44. The maximum atomic E-state index is 12.0. The van der Waals surface area contributed by atoms with Crippen molar-refractivity contribution in [2.75, 3.05) is 25.5 Å². The molecule has 0 bridgehead atoms. The average Bonchev–Trinajstić information content (AvgIpc) is 3.36. The summed E-state index contributed by atoms with van der Waals surface area (Å²) in [5.74, 6) is 1.62. The van der Waals surface area contributed by atoms with E-state index in [0.717, 1.165) is 60.4 Å². The SMILES string of the molecule is Cc1cc(-c2ccn3nc(NC(=O)C4CC4)cc3c2)c(O[C@@H]2CCN(C)C2)cn1. The van der Waals surface area contributed by atoms with Gasteiger partial charge in [-0.2, -0.15) is 5.10 Å². The van der Waals surface area contributed by atoms with Gasteiger partial charge in [-0.05, 0) is 57.0 Å². The van der Waals surface area contributed by atoms with Crippen LogP contribution in [0.2, 0.25) is 0 Å². The number of aromatic nitrogens is 3. The summed E-state index contributed by atoms with van der Waals surface area (Å²) in [6.45, 7) is 3.97. The Labute approximate surface area is 169 Å². The Morgan fingerprint density at radius 3 is 2.86 bits per heavy atom. The molecule has 1 aliphatic heterocycles. The number of hydrogen-bond acceptors (Lipinski definition) is 5. The van der Waals surface area contributed by atoms with Crippen LogP contribution in [0.4, 0.5) is 5.82 Å². The van der Waals surface area contributed by atoms with E-state index in [-0.39, 0.29) is 17.9 Å². The van der Waals surface area contributed by atoms with E-state index in [0.29, 0.717) is 5.82 Å². The molecule has 0 radical (unpaired) electrons. The summed E-state index contributed by atoms with van der Waals surface area (Å²) in [6, 6.07) is 8.06. The molecule has 2 fully saturated rings. The maximum Gasteiger partial charge on any atom is 0.228 e. The number of likely N-dealkylation sites (tertiary alicyclic amines) is 1. The third-order valence-electron chi connectivity index (χ3n) is 5.62. The van der Waals surface area contributed by atoms with E-state index in [4.69, 9.17) is 4.74 Å². The molecule has 7 heteroatoms. The molecule has 7 nitrogen and oxygen atoms in total. The second-order valence-electron chi connectivity index (χ2n) is 8.19. The molecule has 29 heavy (non-hydrogen) atoms. The summed E-state index contributed by atoms with van der Waals surface area (Å²) >= 11 is 0. The van der Waals surface area contributed by atoms with Crippen LogP contribution in [-0.2, 0) is 4.79 Å². The van der Waals surface area contributed by atoms with Gasteiger partial charge in [-0.15, -0.1) is 0 Å². The number of aryl methyl sites for hydroxylation is 1. The minimum atomic E-state index is 0.0654. The lowest BCUT2D eigenvalue weighted by Crippen LogP contribution is -2.21. The van der Waals surface area contributed by atoms with Gasteiger partial charge in [0.1, 0.15) is 11.9 Å². The molecular formula is C22H25N5O2. The van der Waals surface area contributed by atoms with Crippen LogP contribution in [0.5, 0.6) is 5.75 Å². The minimum Gasteiger partial charge on any atom is -0.487 e. The normalized spacial score (nSPS) is 19.6. The fraction of sp³-hybridized carbons (Fsp3) is 0.409. The van der Waals surface area contributed by atoms with E-state index in [1.54, 1.807) is 4.52 Å². The second kappa shape index (κ2) is 7.15. The molecule has 150 valence electrons. The maximum absolute atomic E-state index is 12.0. The van der Waals surface area contributed by atoms with E-state index >= 15 is 0 Å². The van der Waals surface area contributed by atoms with Crippen molar-refractivity contribution in [3.63, 3.8) is 0 Å². The Bertz CT molecular complexity index is 1070. The highest BCUT2D eigenvalue weighted by molar-refractivity contribution is 5.93. The molecule has 0 aromatic carbocycles. The number of rotatable bonds is 5. The van der Waals surface area contributed by atoms with Gasteiger partial charge in [0.2, 0.25) is 5.91 Å². The summed E-state index contributed by atoms with van der Waals surface area (Å²) in [5.41, 5.74) is 3.94. The van der Waals surface area contributed by atoms with Crippen molar-refractivity contribution in [3.8, 4) is 16.9 Å². The molecule has 1 amide bonds. The van der Waals surface area contributed by atoms with E-state index in [1.807, 2.05) is 31.5 Å². The highest BCUT2D eigenvalue weighted by Gasteiger charge is 2.30. The molecular weight excluding hydrogens is 366 g/mol. The van der Waals surface area contributed by atoms with Crippen molar-refractivity contribution in [1.82, 2.24) is 19.5 Å². The van der Waals surface area contributed by atoms with Crippen molar-refractivity contribution in [1.29, 1.82) is 0 Å². The lowest BCUT2D eigenvalue weighted by molar-refractivity contribution is -0.117. The highest BCUT2D eigenvalue weighted by Crippen LogP contribution is 2.33. The largest absolute Gasteiger partial charge is 0.487 e.